The number of nitrogens with zero attached hydrogens (tertiary/aromatic N) is 4. The topological polar surface area (TPSA) is 77.4 Å². The first-order valence-corrected chi connectivity index (χ1v) is 10.2. The summed E-state index contributed by atoms with van der Waals surface area (Å²) in [7, 11) is 0. The van der Waals surface area contributed by atoms with Gasteiger partial charge in [-0.3, -0.25) is 9.78 Å². The second-order valence-corrected chi connectivity index (χ2v) is 7.51. The number of pyridine rings is 1. The number of benzene rings is 1. The molecule has 1 unspecified atom stereocenters. The van der Waals surface area contributed by atoms with E-state index in [0.29, 0.717) is 36.8 Å². The van der Waals surface area contributed by atoms with Gasteiger partial charge in [-0.1, -0.05) is 0 Å². The number of carbonyl (C=O) groups is 1. The lowest BCUT2D eigenvalue weighted by atomic mass is 9.90. The Morgan fingerprint density at radius 3 is 2.73 bits per heavy atom. The molecule has 2 aromatic heterocycles. The second kappa shape index (κ2) is 8.10. The van der Waals surface area contributed by atoms with Crippen LogP contribution in [0.2, 0.25) is 0 Å². The van der Waals surface area contributed by atoms with E-state index in [0.717, 1.165) is 36.2 Å². The lowest BCUT2D eigenvalue weighted by molar-refractivity contribution is 0.0705. The number of fused-ring (bicyclic) bond motifs is 1. The fourth-order valence-corrected chi connectivity index (χ4v) is 4.16. The van der Waals surface area contributed by atoms with Crippen molar-refractivity contribution in [3.8, 4) is 22.6 Å². The van der Waals surface area contributed by atoms with Crippen molar-refractivity contribution in [3.63, 3.8) is 0 Å². The summed E-state index contributed by atoms with van der Waals surface area (Å²) in [5, 5.41) is 0. The normalized spacial score (nSPS) is 18.1. The van der Waals surface area contributed by atoms with E-state index in [1.165, 1.54) is 0 Å². The van der Waals surface area contributed by atoms with E-state index in [1.807, 2.05) is 35.4 Å². The predicted molar refractivity (Wildman–Crippen MR) is 111 cm³/mol. The molecule has 0 saturated carbocycles. The standard InChI is InChI=1S/C23H22N4O3/c28-23(17-3-4-20-21(12-17)30-11-10-29-20)27-9-1-2-18(14-27)22-19(13-25-15-26-22)16-5-7-24-8-6-16/h3-8,12-13,15,18H,1-2,9-11,14H2. The number of carbonyl (C=O) groups excluding carboxylic acids is 1. The first kappa shape index (κ1) is 18.5. The molecule has 2 aliphatic rings. The monoisotopic (exact) mass is 402 g/mol. The van der Waals surface area contributed by atoms with Crippen LogP contribution in [0, 0.1) is 0 Å². The highest BCUT2D eigenvalue weighted by molar-refractivity contribution is 5.95. The average Bonchev–Trinajstić information content (AvgIpc) is 2.84. The van der Waals surface area contributed by atoms with Crippen LogP contribution in [0.1, 0.15) is 34.8 Å². The van der Waals surface area contributed by atoms with Gasteiger partial charge in [0.25, 0.3) is 5.91 Å². The van der Waals surface area contributed by atoms with Crippen molar-refractivity contribution < 1.29 is 14.3 Å². The van der Waals surface area contributed by atoms with Gasteiger partial charge in [0, 0.05) is 48.7 Å². The van der Waals surface area contributed by atoms with Crippen LogP contribution in [-0.4, -0.2) is 52.1 Å². The summed E-state index contributed by atoms with van der Waals surface area (Å²) in [4.78, 5) is 28.0. The van der Waals surface area contributed by atoms with Crippen LogP contribution in [0.5, 0.6) is 11.5 Å². The molecule has 7 heteroatoms. The van der Waals surface area contributed by atoms with Gasteiger partial charge in [-0.15, -0.1) is 0 Å². The van der Waals surface area contributed by atoms with Crippen LogP contribution in [0.3, 0.4) is 0 Å². The Labute approximate surface area is 174 Å². The minimum absolute atomic E-state index is 0.0104. The minimum atomic E-state index is 0.0104. The van der Waals surface area contributed by atoms with Crippen molar-refractivity contribution >= 4 is 5.91 Å². The molecule has 1 aromatic carbocycles. The van der Waals surface area contributed by atoms with E-state index in [4.69, 9.17) is 9.47 Å². The van der Waals surface area contributed by atoms with E-state index < -0.39 is 0 Å². The smallest absolute Gasteiger partial charge is 0.254 e. The van der Waals surface area contributed by atoms with Gasteiger partial charge in [0.05, 0.1) is 5.69 Å². The molecule has 1 fully saturated rings. The first-order valence-electron chi connectivity index (χ1n) is 10.2. The van der Waals surface area contributed by atoms with E-state index >= 15 is 0 Å². The Hall–Kier alpha value is -3.48. The van der Waals surface area contributed by atoms with Gasteiger partial charge in [0.2, 0.25) is 0 Å². The highest BCUT2D eigenvalue weighted by atomic mass is 16.6. The van der Waals surface area contributed by atoms with Crippen LogP contribution in [0.15, 0.2) is 55.2 Å². The molecule has 5 rings (SSSR count). The van der Waals surface area contributed by atoms with Crippen molar-refractivity contribution in [3.05, 3.63) is 66.5 Å². The second-order valence-electron chi connectivity index (χ2n) is 7.51. The molecule has 1 saturated heterocycles. The molecule has 0 spiro atoms. The van der Waals surface area contributed by atoms with Crippen LogP contribution in [0.25, 0.3) is 11.1 Å². The molecule has 0 radical (unpaired) electrons. The fourth-order valence-electron chi connectivity index (χ4n) is 4.16. The van der Waals surface area contributed by atoms with Gasteiger partial charge < -0.3 is 14.4 Å². The highest BCUT2D eigenvalue weighted by Gasteiger charge is 2.29. The molecule has 1 amide bonds. The summed E-state index contributed by atoms with van der Waals surface area (Å²) < 4.78 is 11.2. The third-order valence-corrected chi connectivity index (χ3v) is 5.62. The molecule has 0 bridgehead atoms. The number of hydrogen-bond donors (Lipinski definition) is 0. The SMILES string of the molecule is O=C(c1ccc2c(c1)OCCO2)N1CCCC(c2ncncc2-c2ccncc2)C1. The molecule has 0 aliphatic carbocycles. The quantitative estimate of drug-likeness (QED) is 0.669. The fraction of sp³-hybridized carbons (Fsp3) is 0.304. The summed E-state index contributed by atoms with van der Waals surface area (Å²) in [5.41, 5.74) is 3.64. The maximum absolute atomic E-state index is 13.2. The van der Waals surface area contributed by atoms with Crippen molar-refractivity contribution in [1.29, 1.82) is 0 Å². The summed E-state index contributed by atoms with van der Waals surface area (Å²) in [5.74, 6) is 1.50. The molecule has 30 heavy (non-hydrogen) atoms. The maximum atomic E-state index is 13.2. The van der Waals surface area contributed by atoms with Crippen molar-refractivity contribution in [1.82, 2.24) is 19.9 Å². The zero-order valence-electron chi connectivity index (χ0n) is 16.5. The van der Waals surface area contributed by atoms with Crippen molar-refractivity contribution in [2.24, 2.45) is 0 Å². The lowest BCUT2D eigenvalue weighted by Gasteiger charge is -2.33. The van der Waals surface area contributed by atoms with Gasteiger partial charge in [-0.25, -0.2) is 9.97 Å². The summed E-state index contributed by atoms with van der Waals surface area (Å²) in [6.07, 6.45) is 8.89. The van der Waals surface area contributed by atoms with Crippen molar-refractivity contribution in [2.75, 3.05) is 26.3 Å². The van der Waals surface area contributed by atoms with Gasteiger partial charge in [-0.2, -0.15) is 0 Å². The maximum Gasteiger partial charge on any atom is 0.254 e. The van der Waals surface area contributed by atoms with Crippen LogP contribution in [0.4, 0.5) is 0 Å². The Morgan fingerprint density at radius 1 is 1.03 bits per heavy atom. The van der Waals surface area contributed by atoms with Crippen LogP contribution >= 0.6 is 0 Å². The van der Waals surface area contributed by atoms with Gasteiger partial charge >= 0.3 is 0 Å². The number of amides is 1. The van der Waals surface area contributed by atoms with Gasteiger partial charge in [0.15, 0.2) is 11.5 Å². The Kier molecular flexibility index (Phi) is 5.01. The Balaban J connectivity index is 1.39. The lowest BCUT2D eigenvalue weighted by Crippen LogP contribution is -2.39. The summed E-state index contributed by atoms with van der Waals surface area (Å²) in [6, 6.07) is 9.33. The summed E-state index contributed by atoms with van der Waals surface area (Å²) in [6.45, 7) is 2.40. The molecule has 0 N–H and O–H groups in total. The highest BCUT2D eigenvalue weighted by Crippen LogP contribution is 2.34. The zero-order chi connectivity index (χ0) is 20.3. The van der Waals surface area contributed by atoms with Crippen molar-refractivity contribution in [2.45, 2.75) is 18.8 Å². The average molecular weight is 402 g/mol. The molecule has 4 heterocycles. The Bertz CT molecular complexity index is 1060. The molecule has 3 aromatic rings. The third kappa shape index (κ3) is 3.58. The zero-order valence-corrected chi connectivity index (χ0v) is 16.5. The molecule has 1 atom stereocenters. The van der Waals surface area contributed by atoms with Gasteiger partial charge in [-0.05, 0) is 48.7 Å². The van der Waals surface area contributed by atoms with E-state index in [1.54, 1.807) is 24.8 Å². The number of rotatable bonds is 3. The van der Waals surface area contributed by atoms with Crippen LogP contribution < -0.4 is 9.47 Å². The summed E-state index contributed by atoms with van der Waals surface area (Å²) >= 11 is 0. The van der Waals surface area contributed by atoms with E-state index in [9.17, 15) is 4.79 Å². The molecule has 7 nitrogen and oxygen atoms in total. The van der Waals surface area contributed by atoms with Crippen LogP contribution in [-0.2, 0) is 0 Å². The third-order valence-electron chi connectivity index (χ3n) is 5.62. The molecular formula is C23H22N4O3. The largest absolute Gasteiger partial charge is 0.486 e. The van der Waals surface area contributed by atoms with E-state index in [2.05, 4.69) is 15.0 Å². The van der Waals surface area contributed by atoms with E-state index in [-0.39, 0.29) is 11.8 Å². The molecule has 2 aliphatic heterocycles. The number of likely N-dealkylation sites (tertiary alicyclic amines) is 1. The Morgan fingerprint density at radius 2 is 1.87 bits per heavy atom. The number of piperidine rings is 1. The molecular weight excluding hydrogens is 380 g/mol. The number of ether oxygens (including phenoxy) is 2. The number of aromatic nitrogens is 3. The number of hydrogen-bond acceptors (Lipinski definition) is 6. The minimum Gasteiger partial charge on any atom is -0.486 e. The van der Waals surface area contributed by atoms with Gasteiger partial charge in [0.1, 0.15) is 19.5 Å². The molecule has 152 valence electrons. The first-order chi connectivity index (χ1) is 14.8. The predicted octanol–water partition coefficient (Wildman–Crippen LogP) is 3.33.